The Balaban J connectivity index is 0.000000729. The van der Waals surface area contributed by atoms with Crippen LogP contribution in [-0.4, -0.2) is 65.8 Å². The van der Waals surface area contributed by atoms with Gasteiger partial charge in [0.15, 0.2) is 0 Å². The van der Waals surface area contributed by atoms with Gasteiger partial charge in [0.05, 0.1) is 0 Å². The molecule has 0 bridgehead atoms. The zero-order valence-electron chi connectivity index (χ0n) is 70.5. The Kier molecular flexibility index (Phi) is 49.4. The smallest absolute Gasteiger partial charge is 0 e. The molecule has 7 aromatic rings. The molecular formula is C92H124Cl4N6O5Ru2Y2-4. The van der Waals surface area contributed by atoms with E-state index in [1.165, 1.54) is 80.1 Å². The van der Waals surface area contributed by atoms with Gasteiger partial charge in [0.25, 0.3) is 0 Å². The molecule has 0 aromatic heterocycles. The van der Waals surface area contributed by atoms with Crippen molar-refractivity contribution < 1.29 is 116 Å². The van der Waals surface area contributed by atoms with E-state index in [4.69, 9.17) is 43.5 Å². The van der Waals surface area contributed by atoms with E-state index < -0.39 is 44.9 Å². The van der Waals surface area contributed by atoms with E-state index in [1.54, 1.807) is 69.9 Å². The SMILES string of the molecule is CC.CC(C)c1cccc(C(C)C)c1N1[CH-]N(c2c(C(C)C)cccc2C(C)C)CC1.CC(C)c1cccc(C(C)C)c1N1[CH-]N(c2c(C(C)C)cccc2C(C)C)CC1.CC[CH-]C(=O)N(C(=O)OCC(C)C)c1[c-]c([CH]=[Ru]([Cl])[Cl])ccc1.CC[CH-]C(=O)N(C(=O)c1ccccc1)c1[c-]c([CH]=[Ru]([Cl])[Cl])ccc1.[CH3+].[CH3+].[Y].[Y]. The molecule has 0 N–H and O–H groups in total. The summed E-state index contributed by atoms with van der Waals surface area (Å²) < 4.78 is 8.60. The second-order valence-electron chi connectivity index (χ2n) is 29.2. The molecule has 0 unspecified atom stereocenters. The van der Waals surface area contributed by atoms with Crippen LogP contribution in [0.1, 0.15) is 278 Å². The van der Waals surface area contributed by atoms with E-state index >= 15 is 0 Å². The Labute approximate surface area is 748 Å². The number of rotatable bonds is 23. The van der Waals surface area contributed by atoms with E-state index in [2.05, 4.69) is 229 Å². The first-order valence-electron chi connectivity index (χ1n) is 37.9. The van der Waals surface area contributed by atoms with Crippen LogP contribution in [0.15, 0.2) is 140 Å². The molecule has 2 heterocycles. The van der Waals surface area contributed by atoms with Crippen molar-refractivity contribution in [3.05, 3.63) is 254 Å². The average Bonchev–Trinajstić information content (AvgIpc) is 1.65. The van der Waals surface area contributed by atoms with Gasteiger partial charge in [-0.2, -0.15) is 13.3 Å². The second-order valence-corrected chi connectivity index (χ2v) is 40.6. The molecule has 0 saturated carbocycles. The Hall–Kier alpha value is -4.35. The summed E-state index contributed by atoms with van der Waals surface area (Å²) in [7, 11) is 23.5. The number of para-hydroxylation sites is 4. The van der Waals surface area contributed by atoms with Crippen LogP contribution in [-0.2, 0) is 107 Å². The van der Waals surface area contributed by atoms with Gasteiger partial charge in [-0.1, -0.05) is 197 Å². The molecule has 2 radical (unpaired) electrons. The van der Waals surface area contributed by atoms with Crippen molar-refractivity contribution >= 4 is 106 Å². The summed E-state index contributed by atoms with van der Waals surface area (Å²) >= 11 is -4.04. The molecule has 4 amide bonds. The standard InChI is InChI=1S/2C27H39N2.C18H15NO2.C16H19NO3.C2H6.2CH3.4ClH.2Ru.2Y/c2*1-18(2)22-11-9-12-23(19(3)4)26(22)28-15-16-29(17-28)27-24(20(5)6)13-10-14-25(27)21(7)8;1-3-8-17(20)19(16-12-7-9-14(2)13-16)18(21)15-10-5-4-6-11-15;1-5-7-15(18)17(16(19)20-11-12(2)3)14-9-6-8-13(4)10-14;1-2;;;;;;;;;;/h2*9-14,17-21H,15-16H2,1-8H3;2,4-12H,3H2,1H3;4,6-9,12H,5,11H2,1-3H3;1-2H3;2*1H3;4*1H;;;;/q2*-1;2*-2;;2*+1;;;;;2*+2;;/p-4. The topological polar surface area (TPSA) is 97.0 Å². The fourth-order valence-corrected chi connectivity index (χ4v) is 16.1. The number of carbonyl (C=O) groups excluding carboxylic acids is 4. The summed E-state index contributed by atoms with van der Waals surface area (Å²) in [5.41, 5.74) is 19.8. The third kappa shape index (κ3) is 30.6. The van der Waals surface area contributed by atoms with Crippen molar-refractivity contribution in [2.45, 2.75) is 213 Å². The van der Waals surface area contributed by atoms with Crippen LogP contribution in [0.4, 0.5) is 38.9 Å². The minimum atomic E-state index is -2.02. The number of nitrogens with zero attached hydrogens (tertiary/aromatic N) is 6. The maximum Gasteiger partial charge on any atom is 0.0467 e. The summed E-state index contributed by atoms with van der Waals surface area (Å²) in [6.07, 6.45) is 3.21. The zero-order valence-corrected chi connectivity index (χ0v) is 82.7. The van der Waals surface area contributed by atoms with Gasteiger partial charge in [0, 0.05) is 129 Å². The predicted molar refractivity (Wildman–Crippen MR) is 466 cm³/mol. The summed E-state index contributed by atoms with van der Waals surface area (Å²) in [5.74, 6) is 3.06. The first-order chi connectivity index (χ1) is 50.8. The molecule has 11 nitrogen and oxygen atoms in total. The number of hydrogen-bond acceptors (Lipinski definition) is 9. The molecule has 7 aromatic carbocycles. The quantitative estimate of drug-likeness (QED) is 0.0458. The summed E-state index contributed by atoms with van der Waals surface area (Å²) in [6.45, 7) is 57.5. The molecule has 0 aliphatic carbocycles. The molecule has 606 valence electrons. The van der Waals surface area contributed by atoms with Gasteiger partial charge < -0.3 is 19.6 Å². The number of anilines is 6. The van der Waals surface area contributed by atoms with Crippen LogP contribution >= 0.6 is 38.8 Å². The largest absolute Gasteiger partial charge is 0.0467 e. The second kappa shape index (κ2) is 52.4. The van der Waals surface area contributed by atoms with Gasteiger partial charge in [0.2, 0.25) is 0 Å². The van der Waals surface area contributed by atoms with Crippen molar-refractivity contribution in [3.63, 3.8) is 0 Å². The maximum atomic E-state index is 12.8. The molecular weight excluding hydrogens is 1790 g/mol. The monoisotopic (exact) mass is 1910 g/mol. The summed E-state index contributed by atoms with van der Waals surface area (Å²) in [4.78, 5) is 61.9. The molecule has 111 heavy (non-hydrogen) atoms. The number of benzene rings is 7. The fourth-order valence-electron chi connectivity index (χ4n) is 12.7. The normalized spacial score (nSPS) is 12.4. The van der Waals surface area contributed by atoms with Gasteiger partial charge in [0.1, 0.15) is 0 Å². The van der Waals surface area contributed by atoms with E-state index in [1.807, 2.05) is 47.6 Å². The number of ether oxygens (including phenoxy) is 1. The fraction of sp³-hybridized carbons (Fsp3) is 0.413. The number of imide groups is 2. The van der Waals surface area contributed by atoms with E-state index in [0.29, 0.717) is 88.3 Å². The van der Waals surface area contributed by atoms with Crippen molar-refractivity contribution in [3.8, 4) is 0 Å². The van der Waals surface area contributed by atoms with Crippen LogP contribution < -0.4 is 29.4 Å². The Bertz CT molecular complexity index is 3680. The first kappa shape index (κ1) is 105. The summed E-state index contributed by atoms with van der Waals surface area (Å²) in [5, 5.41) is 0. The number of hydrogen-bond donors (Lipinski definition) is 0. The number of halogens is 4. The minimum absolute atomic E-state index is 0. The van der Waals surface area contributed by atoms with Crippen molar-refractivity contribution in [1.29, 1.82) is 0 Å². The van der Waals surface area contributed by atoms with Crippen molar-refractivity contribution in [2.75, 3.05) is 62.2 Å². The molecule has 2 aliphatic rings. The third-order valence-electron chi connectivity index (χ3n) is 17.8. The van der Waals surface area contributed by atoms with Crippen LogP contribution in [0.3, 0.4) is 0 Å². The Morgan fingerprint density at radius 2 is 0.685 bits per heavy atom. The predicted octanol–water partition coefficient (Wildman–Crippen LogP) is 25.8. The maximum absolute atomic E-state index is 12.8. The number of carbonyl (C=O) groups is 4. The van der Waals surface area contributed by atoms with E-state index in [0.717, 1.165) is 36.0 Å². The van der Waals surface area contributed by atoms with Crippen molar-refractivity contribution in [2.24, 2.45) is 5.92 Å². The third-order valence-corrected chi connectivity index (χ3v) is 21.5. The first-order valence-corrected chi connectivity index (χ1v) is 48.9. The molecule has 0 atom stereocenters. The molecule has 0 spiro atoms. The van der Waals surface area contributed by atoms with Gasteiger partial charge in [-0.05, 0) is 91.9 Å². The Morgan fingerprint density at radius 3 is 0.937 bits per heavy atom. The van der Waals surface area contributed by atoms with Gasteiger partial charge in [-0.25, -0.2) is 0 Å². The average molecular weight is 1920 g/mol. The Morgan fingerprint density at radius 1 is 0.423 bits per heavy atom. The van der Waals surface area contributed by atoms with Gasteiger partial charge >= 0.3 is 305 Å². The zero-order chi connectivity index (χ0) is 79.5. The van der Waals surface area contributed by atoms with Crippen LogP contribution in [0.5, 0.6) is 0 Å². The molecule has 2 saturated heterocycles. The summed E-state index contributed by atoms with van der Waals surface area (Å²) in [6, 6.07) is 52.4. The van der Waals surface area contributed by atoms with Gasteiger partial charge in [-0.15, -0.1) is 0 Å². The van der Waals surface area contributed by atoms with E-state index in [-0.39, 0.29) is 98.7 Å². The van der Waals surface area contributed by atoms with E-state index in [9.17, 15) is 19.2 Å². The van der Waals surface area contributed by atoms with Gasteiger partial charge in [-0.3, -0.25) is 0 Å². The minimum Gasteiger partial charge on any atom is 0 e. The number of amides is 4. The molecule has 19 heteroatoms. The van der Waals surface area contributed by atoms with Crippen LogP contribution in [0.25, 0.3) is 0 Å². The molecule has 2 fully saturated rings. The molecule has 9 rings (SSSR count). The van der Waals surface area contributed by atoms with Crippen LogP contribution in [0.2, 0.25) is 0 Å². The van der Waals surface area contributed by atoms with Crippen LogP contribution in [0, 0.1) is 59.1 Å². The van der Waals surface area contributed by atoms with Crippen molar-refractivity contribution in [1.82, 2.24) is 0 Å². The molecule has 2 aliphatic heterocycles.